The molecule has 0 unspecified atom stereocenters. The first-order valence-electron chi connectivity index (χ1n) is 13.7. The van der Waals surface area contributed by atoms with Crippen LogP contribution in [0.2, 0.25) is 18.1 Å². The molecule has 2 aromatic rings. The van der Waals surface area contributed by atoms with Gasteiger partial charge < -0.3 is 28.1 Å². The predicted octanol–water partition coefficient (Wildman–Crippen LogP) is 6.82. The Morgan fingerprint density at radius 1 is 1.05 bits per heavy atom. The van der Waals surface area contributed by atoms with Gasteiger partial charge in [0.15, 0.2) is 14.6 Å². The van der Waals surface area contributed by atoms with Gasteiger partial charge >= 0.3 is 5.97 Å². The lowest BCUT2D eigenvalue weighted by Crippen LogP contribution is -2.46. The Labute approximate surface area is 235 Å². The normalized spacial score (nSPS) is 22.5. The van der Waals surface area contributed by atoms with Gasteiger partial charge in [-0.1, -0.05) is 63.2 Å². The molecule has 4 atom stereocenters. The van der Waals surface area contributed by atoms with Gasteiger partial charge in [-0.25, -0.2) is 0 Å². The molecule has 1 fully saturated rings. The molecule has 1 heterocycles. The van der Waals surface area contributed by atoms with Crippen molar-refractivity contribution >= 4 is 14.3 Å². The summed E-state index contributed by atoms with van der Waals surface area (Å²) >= 11 is 0. The Kier molecular flexibility index (Phi) is 10.8. The van der Waals surface area contributed by atoms with Crippen LogP contribution >= 0.6 is 0 Å². The first kappa shape index (κ1) is 31.3. The number of hydrogen-bond donors (Lipinski definition) is 0. The van der Waals surface area contributed by atoms with Crippen molar-refractivity contribution in [2.45, 2.75) is 95.8 Å². The molecule has 0 aromatic heterocycles. The van der Waals surface area contributed by atoms with Crippen molar-refractivity contribution in [2.24, 2.45) is 0 Å². The Bertz CT molecular complexity index is 1040. The van der Waals surface area contributed by atoms with Crippen LogP contribution in [0.5, 0.6) is 5.75 Å². The van der Waals surface area contributed by atoms with Gasteiger partial charge in [0, 0.05) is 5.56 Å². The smallest absolute Gasteiger partial charge is 0.308 e. The maximum atomic E-state index is 12.3. The maximum Gasteiger partial charge on any atom is 0.308 e. The van der Waals surface area contributed by atoms with E-state index >= 15 is 0 Å². The van der Waals surface area contributed by atoms with E-state index in [0.717, 1.165) is 16.9 Å². The molecule has 0 spiro atoms. The quantitative estimate of drug-likeness (QED) is 0.197. The maximum absolute atomic E-state index is 12.3. The fourth-order valence-corrected chi connectivity index (χ4v) is 5.74. The largest absolute Gasteiger partial charge is 0.497 e. The number of methoxy groups -OCH3 is 2. The summed E-state index contributed by atoms with van der Waals surface area (Å²) in [4.78, 5) is 12.3. The minimum Gasteiger partial charge on any atom is -0.497 e. The van der Waals surface area contributed by atoms with Gasteiger partial charge in [0.1, 0.15) is 11.9 Å². The zero-order valence-corrected chi connectivity index (χ0v) is 25.8. The number of ether oxygens (including phenoxy) is 5. The lowest BCUT2D eigenvalue weighted by Gasteiger charge is -2.40. The van der Waals surface area contributed by atoms with Gasteiger partial charge in [-0.15, -0.1) is 0 Å². The summed E-state index contributed by atoms with van der Waals surface area (Å²) in [7, 11) is 0.960. The number of hydrogen-bond acceptors (Lipinski definition) is 7. The van der Waals surface area contributed by atoms with Crippen molar-refractivity contribution in [1.29, 1.82) is 0 Å². The fourth-order valence-electron chi connectivity index (χ4n) is 4.35. The standard InChI is InChI=1S/C31H46O7Si/c1-30(2,3)39(7,8)38-26(20-28(32)34-6)18-19-31(4)27(36-29(37-31)24-12-10-9-11-13-24)22-35-21-23-14-16-25(33-5)17-15-23/h9-17,26-27,29H,18-22H2,1-8H3/t26-,27+,29+,31-/m1/s1. The van der Waals surface area contributed by atoms with Crippen molar-refractivity contribution < 1.29 is 32.9 Å². The molecule has 3 rings (SSSR count). The van der Waals surface area contributed by atoms with Crippen molar-refractivity contribution in [3.05, 3.63) is 65.7 Å². The molecular formula is C31H46O7Si. The minimum absolute atomic E-state index is 0.0223. The summed E-state index contributed by atoms with van der Waals surface area (Å²) in [6, 6.07) is 17.8. The number of esters is 1. The van der Waals surface area contributed by atoms with E-state index in [-0.39, 0.29) is 29.6 Å². The monoisotopic (exact) mass is 558 g/mol. The van der Waals surface area contributed by atoms with E-state index in [2.05, 4.69) is 40.8 Å². The molecule has 2 aromatic carbocycles. The van der Waals surface area contributed by atoms with Crippen molar-refractivity contribution in [1.82, 2.24) is 0 Å². The van der Waals surface area contributed by atoms with Crippen LogP contribution in [-0.2, 0) is 34.8 Å². The summed E-state index contributed by atoms with van der Waals surface area (Å²) in [6.07, 6.45) is 0.427. The highest BCUT2D eigenvalue weighted by Crippen LogP contribution is 2.43. The molecule has 0 bridgehead atoms. The average Bonchev–Trinajstić information content (AvgIpc) is 3.23. The molecule has 0 aliphatic carbocycles. The minimum atomic E-state index is -2.11. The van der Waals surface area contributed by atoms with Gasteiger partial charge in [-0.05, 0) is 55.6 Å². The molecule has 216 valence electrons. The predicted molar refractivity (Wildman–Crippen MR) is 154 cm³/mol. The molecule has 7 nitrogen and oxygen atoms in total. The second kappa shape index (κ2) is 13.4. The first-order valence-corrected chi connectivity index (χ1v) is 16.6. The Balaban J connectivity index is 1.73. The van der Waals surface area contributed by atoms with Crippen LogP contribution in [-0.4, -0.2) is 52.9 Å². The SMILES string of the molecule is COC(=O)C[C@@H](CC[C@@]1(C)O[C@@H](c2ccccc2)O[C@H]1COCc1ccc(OC)cc1)O[Si](C)(C)C(C)(C)C. The van der Waals surface area contributed by atoms with E-state index < -0.39 is 20.2 Å². The molecule has 0 N–H and O–H groups in total. The van der Waals surface area contributed by atoms with E-state index in [1.807, 2.05) is 54.6 Å². The number of carbonyl (C=O) groups is 1. The molecule has 1 saturated heterocycles. The number of rotatable bonds is 13. The molecule has 0 amide bonds. The third kappa shape index (κ3) is 8.62. The Morgan fingerprint density at radius 3 is 2.31 bits per heavy atom. The van der Waals surface area contributed by atoms with E-state index in [0.29, 0.717) is 26.1 Å². The van der Waals surface area contributed by atoms with Gasteiger partial charge in [-0.3, -0.25) is 4.79 Å². The first-order chi connectivity index (χ1) is 18.4. The second-order valence-corrected chi connectivity index (χ2v) is 16.7. The van der Waals surface area contributed by atoms with Crippen molar-refractivity contribution in [2.75, 3.05) is 20.8 Å². The molecule has 0 saturated carbocycles. The van der Waals surface area contributed by atoms with Crippen molar-refractivity contribution in [3.63, 3.8) is 0 Å². The average molecular weight is 559 g/mol. The van der Waals surface area contributed by atoms with Gasteiger partial charge in [0.25, 0.3) is 0 Å². The number of benzene rings is 2. The lowest BCUT2D eigenvalue weighted by molar-refractivity contribution is -0.143. The van der Waals surface area contributed by atoms with Crippen LogP contribution < -0.4 is 4.74 Å². The van der Waals surface area contributed by atoms with E-state index in [1.165, 1.54) is 7.11 Å². The number of carbonyl (C=O) groups excluding carboxylic acids is 1. The summed E-state index contributed by atoms with van der Waals surface area (Å²) in [5.41, 5.74) is 1.38. The van der Waals surface area contributed by atoms with Crippen molar-refractivity contribution in [3.8, 4) is 5.75 Å². The highest BCUT2D eigenvalue weighted by atomic mass is 28.4. The summed E-state index contributed by atoms with van der Waals surface area (Å²) < 4.78 is 36.1. The lowest BCUT2D eigenvalue weighted by atomic mass is 9.91. The van der Waals surface area contributed by atoms with Crippen LogP contribution in [0.15, 0.2) is 54.6 Å². The van der Waals surface area contributed by atoms with E-state index in [9.17, 15) is 4.79 Å². The second-order valence-electron chi connectivity index (χ2n) is 12.0. The summed E-state index contributed by atoms with van der Waals surface area (Å²) in [6.45, 7) is 13.9. The zero-order chi connectivity index (χ0) is 28.7. The molecule has 0 radical (unpaired) electrons. The van der Waals surface area contributed by atoms with Crippen LogP contribution in [0.25, 0.3) is 0 Å². The van der Waals surface area contributed by atoms with Crippen LogP contribution in [0.3, 0.4) is 0 Å². The third-order valence-corrected chi connectivity index (χ3v) is 12.5. The zero-order valence-electron chi connectivity index (χ0n) is 24.8. The summed E-state index contributed by atoms with van der Waals surface area (Å²) in [5.74, 6) is 0.542. The summed E-state index contributed by atoms with van der Waals surface area (Å²) in [5, 5.41) is 0.0223. The highest BCUT2D eigenvalue weighted by Gasteiger charge is 2.47. The highest BCUT2D eigenvalue weighted by molar-refractivity contribution is 6.74. The van der Waals surface area contributed by atoms with Gasteiger partial charge in [0.2, 0.25) is 0 Å². The van der Waals surface area contributed by atoms with Gasteiger partial charge in [-0.2, -0.15) is 0 Å². The third-order valence-electron chi connectivity index (χ3n) is 7.97. The molecule has 1 aliphatic rings. The van der Waals surface area contributed by atoms with E-state index in [1.54, 1.807) is 7.11 Å². The van der Waals surface area contributed by atoms with Crippen LogP contribution in [0, 0.1) is 0 Å². The molecular weight excluding hydrogens is 512 g/mol. The topological polar surface area (TPSA) is 72.5 Å². The fraction of sp³-hybridized carbons (Fsp3) is 0.581. The molecule has 8 heteroatoms. The Morgan fingerprint density at radius 2 is 1.72 bits per heavy atom. The van der Waals surface area contributed by atoms with Crippen LogP contribution in [0.4, 0.5) is 0 Å². The van der Waals surface area contributed by atoms with Crippen LogP contribution in [0.1, 0.15) is 64.4 Å². The molecule has 1 aliphatic heterocycles. The van der Waals surface area contributed by atoms with Gasteiger partial charge in [0.05, 0.1) is 45.6 Å². The Hall–Kier alpha value is -2.23. The molecule has 39 heavy (non-hydrogen) atoms. The van der Waals surface area contributed by atoms with E-state index in [4.69, 9.17) is 28.1 Å².